The fourth-order valence-corrected chi connectivity index (χ4v) is 4.10. The molecule has 0 aromatic rings. The Bertz CT molecular complexity index is 535. The Morgan fingerprint density at radius 2 is 1.61 bits per heavy atom. The van der Waals surface area contributed by atoms with Crippen molar-refractivity contribution in [1.82, 2.24) is 14.5 Å². The molecule has 132 valence electrons. The zero-order valence-corrected chi connectivity index (χ0v) is 14.8. The normalized spacial score (nSPS) is 22.6. The van der Waals surface area contributed by atoms with Crippen molar-refractivity contribution in [2.24, 2.45) is 5.92 Å². The molecule has 2 rings (SSSR count). The smallest absolute Gasteiger partial charge is 0.244 e. The van der Waals surface area contributed by atoms with E-state index in [1.54, 1.807) is 6.92 Å². The number of carbonyl (C=O) groups is 2. The van der Waals surface area contributed by atoms with E-state index in [1.807, 2.05) is 4.90 Å². The van der Waals surface area contributed by atoms with Gasteiger partial charge >= 0.3 is 0 Å². The molecule has 0 aromatic carbocycles. The van der Waals surface area contributed by atoms with E-state index >= 15 is 0 Å². The highest BCUT2D eigenvalue weighted by Crippen LogP contribution is 2.19. The van der Waals surface area contributed by atoms with Gasteiger partial charge in [0.05, 0.1) is 6.26 Å². The highest BCUT2D eigenvalue weighted by Gasteiger charge is 2.31. The fraction of sp³-hybridized carbons (Fsp3) is 0.867. The summed E-state index contributed by atoms with van der Waals surface area (Å²) in [6.45, 7) is 3.99. The van der Waals surface area contributed by atoms with Crippen LogP contribution in [0.15, 0.2) is 0 Å². The Morgan fingerprint density at radius 1 is 1.04 bits per heavy atom. The second kappa shape index (κ2) is 7.61. The monoisotopic (exact) mass is 345 g/mol. The summed E-state index contributed by atoms with van der Waals surface area (Å²) >= 11 is 0. The maximum atomic E-state index is 12.3. The summed E-state index contributed by atoms with van der Waals surface area (Å²) in [5, 5.41) is 2.80. The van der Waals surface area contributed by atoms with Crippen molar-refractivity contribution in [3.63, 3.8) is 0 Å². The summed E-state index contributed by atoms with van der Waals surface area (Å²) in [6, 6.07) is -0.520. The summed E-state index contributed by atoms with van der Waals surface area (Å²) in [5.41, 5.74) is 0. The lowest BCUT2D eigenvalue weighted by atomic mass is 9.97. The molecule has 2 aliphatic heterocycles. The lowest BCUT2D eigenvalue weighted by Gasteiger charge is -2.32. The molecular formula is C15H27N3O4S. The standard InChI is InChI=1S/C15H27N3O4S/c1-12(15(20)17-8-4-3-5-9-17)16-14(19)13-6-10-18(11-7-13)23(2,21)22/h12-13H,3-11H2,1-2H3,(H,16,19)/t12-/m1/s1. The molecule has 1 atom stereocenters. The quantitative estimate of drug-likeness (QED) is 0.787. The van der Waals surface area contributed by atoms with Gasteiger partial charge < -0.3 is 10.2 Å². The Hall–Kier alpha value is -1.15. The zero-order valence-electron chi connectivity index (χ0n) is 14.0. The van der Waals surface area contributed by atoms with Gasteiger partial charge in [-0.3, -0.25) is 9.59 Å². The van der Waals surface area contributed by atoms with Crippen molar-refractivity contribution in [2.75, 3.05) is 32.4 Å². The molecule has 1 N–H and O–H groups in total. The molecular weight excluding hydrogens is 318 g/mol. The van der Waals surface area contributed by atoms with Crippen LogP contribution in [-0.4, -0.2) is 67.9 Å². The van der Waals surface area contributed by atoms with Crippen molar-refractivity contribution < 1.29 is 18.0 Å². The first-order valence-corrected chi connectivity index (χ1v) is 10.2. The fourth-order valence-electron chi connectivity index (χ4n) is 3.23. The van der Waals surface area contributed by atoms with Gasteiger partial charge in [0, 0.05) is 32.1 Å². The van der Waals surface area contributed by atoms with Crippen LogP contribution in [0.1, 0.15) is 39.0 Å². The summed E-state index contributed by atoms with van der Waals surface area (Å²) in [4.78, 5) is 26.4. The highest BCUT2D eigenvalue weighted by atomic mass is 32.2. The number of nitrogens with zero attached hydrogens (tertiary/aromatic N) is 2. The molecule has 8 heteroatoms. The lowest BCUT2D eigenvalue weighted by molar-refractivity contribution is -0.138. The summed E-state index contributed by atoms with van der Waals surface area (Å²) < 4.78 is 24.4. The van der Waals surface area contributed by atoms with E-state index in [2.05, 4.69) is 5.32 Å². The molecule has 2 heterocycles. The van der Waals surface area contributed by atoms with Gasteiger partial charge in [-0.05, 0) is 39.0 Å². The summed E-state index contributed by atoms with van der Waals surface area (Å²) in [7, 11) is -3.19. The average molecular weight is 345 g/mol. The average Bonchev–Trinajstić information content (AvgIpc) is 2.54. The van der Waals surface area contributed by atoms with Crippen LogP contribution in [0.5, 0.6) is 0 Å². The van der Waals surface area contributed by atoms with Gasteiger partial charge in [-0.15, -0.1) is 0 Å². The Balaban J connectivity index is 1.81. The number of rotatable bonds is 4. The molecule has 0 radical (unpaired) electrons. The number of hydrogen-bond donors (Lipinski definition) is 1. The maximum Gasteiger partial charge on any atom is 0.244 e. The first kappa shape index (κ1) is 18.2. The molecule has 2 saturated heterocycles. The minimum atomic E-state index is -3.19. The van der Waals surface area contributed by atoms with E-state index in [4.69, 9.17) is 0 Å². The van der Waals surface area contributed by atoms with Crippen molar-refractivity contribution in [3.8, 4) is 0 Å². The van der Waals surface area contributed by atoms with Crippen LogP contribution < -0.4 is 5.32 Å². The van der Waals surface area contributed by atoms with E-state index in [1.165, 1.54) is 10.6 Å². The maximum absolute atomic E-state index is 12.3. The highest BCUT2D eigenvalue weighted by molar-refractivity contribution is 7.88. The van der Waals surface area contributed by atoms with Gasteiger partial charge in [0.1, 0.15) is 6.04 Å². The van der Waals surface area contributed by atoms with Crippen LogP contribution in [-0.2, 0) is 19.6 Å². The van der Waals surface area contributed by atoms with Crippen LogP contribution in [0.2, 0.25) is 0 Å². The van der Waals surface area contributed by atoms with Crippen LogP contribution in [0, 0.1) is 5.92 Å². The molecule has 7 nitrogen and oxygen atoms in total. The van der Waals surface area contributed by atoms with Crippen LogP contribution >= 0.6 is 0 Å². The van der Waals surface area contributed by atoms with Crippen molar-refractivity contribution in [3.05, 3.63) is 0 Å². The Kier molecular flexibility index (Phi) is 6.02. The van der Waals surface area contributed by atoms with E-state index in [9.17, 15) is 18.0 Å². The van der Waals surface area contributed by atoms with Crippen LogP contribution in [0.25, 0.3) is 0 Å². The van der Waals surface area contributed by atoms with Crippen molar-refractivity contribution >= 4 is 21.8 Å². The molecule has 2 amide bonds. The second-order valence-electron chi connectivity index (χ2n) is 6.55. The SMILES string of the molecule is C[C@@H](NC(=O)C1CCN(S(C)(=O)=O)CC1)C(=O)N1CCCCC1. The number of amides is 2. The lowest BCUT2D eigenvalue weighted by Crippen LogP contribution is -2.51. The Morgan fingerprint density at radius 3 is 2.13 bits per heavy atom. The molecule has 0 aliphatic carbocycles. The zero-order chi connectivity index (χ0) is 17.0. The second-order valence-corrected chi connectivity index (χ2v) is 8.53. The first-order valence-electron chi connectivity index (χ1n) is 8.33. The largest absolute Gasteiger partial charge is 0.344 e. The third-order valence-corrected chi connectivity index (χ3v) is 5.99. The minimum absolute atomic E-state index is 0.0216. The van der Waals surface area contributed by atoms with E-state index in [0.29, 0.717) is 25.9 Å². The first-order chi connectivity index (χ1) is 10.8. The topological polar surface area (TPSA) is 86.8 Å². The summed E-state index contributed by atoms with van der Waals surface area (Å²) in [5.74, 6) is -0.382. The number of carbonyl (C=O) groups excluding carboxylic acids is 2. The number of likely N-dealkylation sites (tertiary alicyclic amines) is 1. The van der Waals surface area contributed by atoms with Crippen molar-refractivity contribution in [1.29, 1.82) is 0 Å². The Labute approximate surface area is 138 Å². The van der Waals surface area contributed by atoms with E-state index in [-0.39, 0.29) is 17.7 Å². The number of nitrogens with one attached hydrogen (secondary N) is 1. The molecule has 2 aliphatic rings. The van der Waals surface area contributed by atoms with Gasteiger partial charge in [0.15, 0.2) is 0 Å². The molecule has 0 saturated carbocycles. The van der Waals surface area contributed by atoms with E-state index < -0.39 is 16.1 Å². The number of piperidine rings is 2. The molecule has 0 aromatic heterocycles. The predicted molar refractivity (Wildman–Crippen MR) is 87.2 cm³/mol. The van der Waals surface area contributed by atoms with Crippen LogP contribution in [0.3, 0.4) is 0 Å². The third kappa shape index (κ3) is 4.91. The van der Waals surface area contributed by atoms with Gasteiger partial charge in [-0.1, -0.05) is 0 Å². The van der Waals surface area contributed by atoms with Gasteiger partial charge in [-0.25, -0.2) is 12.7 Å². The molecule has 2 fully saturated rings. The van der Waals surface area contributed by atoms with Gasteiger partial charge in [-0.2, -0.15) is 0 Å². The van der Waals surface area contributed by atoms with E-state index in [0.717, 1.165) is 32.4 Å². The van der Waals surface area contributed by atoms with Crippen LogP contribution in [0.4, 0.5) is 0 Å². The number of hydrogen-bond acceptors (Lipinski definition) is 4. The van der Waals surface area contributed by atoms with Crippen molar-refractivity contribution in [2.45, 2.75) is 45.1 Å². The molecule has 23 heavy (non-hydrogen) atoms. The van der Waals surface area contributed by atoms with Gasteiger partial charge in [0.25, 0.3) is 0 Å². The number of sulfonamides is 1. The van der Waals surface area contributed by atoms with Gasteiger partial charge in [0.2, 0.25) is 21.8 Å². The minimum Gasteiger partial charge on any atom is -0.344 e. The predicted octanol–water partition coefficient (Wildman–Crippen LogP) is 0.175. The molecule has 0 unspecified atom stereocenters. The third-order valence-electron chi connectivity index (χ3n) is 4.69. The summed E-state index contributed by atoms with van der Waals surface area (Å²) in [6.07, 6.45) is 5.40. The molecule has 0 bridgehead atoms. The molecule has 0 spiro atoms.